The van der Waals surface area contributed by atoms with E-state index in [1.807, 2.05) is 12.1 Å². The Hall–Kier alpha value is -2.46. The predicted octanol–water partition coefficient (Wildman–Crippen LogP) is 4.71. The van der Waals surface area contributed by atoms with Crippen LogP contribution in [0.15, 0.2) is 54.9 Å². The topological polar surface area (TPSA) is 33.2 Å². The van der Waals surface area contributed by atoms with Crippen LogP contribution in [0, 0.1) is 0 Å². The lowest BCUT2D eigenvalue weighted by Crippen LogP contribution is -2.32. The van der Waals surface area contributed by atoms with Crippen molar-refractivity contribution in [3.8, 4) is 10.4 Å². The summed E-state index contributed by atoms with van der Waals surface area (Å²) in [6.07, 6.45) is 7.92. The molecule has 1 aromatic carbocycles. The molecule has 2 aliphatic carbocycles. The van der Waals surface area contributed by atoms with E-state index in [1.165, 1.54) is 21.6 Å². The summed E-state index contributed by atoms with van der Waals surface area (Å²) < 4.78 is 0. The molecule has 0 saturated heterocycles. The standard InChI is InChI=1S/C22H20N2OS/c25-22(24(18-7-8-18)14-15-9-11-23-12-10-15)20-13-17-6-5-16-3-1-2-4-19(16)21(17)26-20/h1-4,9-13,18H,5-8,14H2. The van der Waals surface area contributed by atoms with Crippen molar-refractivity contribution in [2.75, 3.05) is 0 Å². The van der Waals surface area contributed by atoms with Gasteiger partial charge in [0.25, 0.3) is 5.91 Å². The number of thiophene rings is 1. The summed E-state index contributed by atoms with van der Waals surface area (Å²) in [5, 5.41) is 0. The van der Waals surface area contributed by atoms with E-state index >= 15 is 0 Å². The first-order valence-corrected chi connectivity index (χ1v) is 10.0. The molecule has 0 atom stereocenters. The summed E-state index contributed by atoms with van der Waals surface area (Å²) in [5.74, 6) is 0.182. The molecule has 3 aromatic rings. The number of aromatic nitrogens is 1. The highest BCUT2D eigenvalue weighted by Gasteiger charge is 2.34. The van der Waals surface area contributed by atoms with Gasteiger partial charge in [0.1, 0.15) is 0 Å². The van der Waals surface area contributed by atoms with Gasteiger partial charge in [-0.1, -0.05) is 24.3 Å². The lowest BCUT2D eigenvalue weighted by molar-refractivity contribution is 0.0735. The average Bonchev–Trinajstić information content (AvgIpc) is 3.43. The van der Waals surface area contributed by atoms with Gasteiger partial charge < -0.3 is 4.90 Å². The quantitative estimate of drug-likeness (QED) is 0.675. The molecule has 5 rings (SSSR count). The van der Waals surface area contributed by atoms with E-state index in [0.29, 0.717) is 12.6 Å². The second kappa shape index (κ2) is 6.36. The molecular weight excluding hydrogens is 340 g/mol. The second-order valence-corrected chi connectivity index (χ2v) is 8.19. The summed E-state index contributed by atoms with van der Waals surface area (Å²) in [7, 11) is 0. The zero-order valence-electron chi connectivity index (χ0n) is 14.5. The first-order chi connectivity index (χ1) is 12.8. The molecule has 2 heterocycles. The van der Waals surface area contributed by atoms with Crippen LogP contribution in [0.2, 0.25) is 0 Å². The van der Waals surface area contributed by atoms with E-state index in [2.05, 4.69) is 40.2 Å². The molecule has 1 saturated carbocycles. The molecule has 0 radical (unpaired) electrons. The van der Waals surface area contributed by atoms with Crippen molar-refractivity contribution < 1.29 is 4.79 Å². The SMILES string of the molecule is O=C(c1cc2c(s1)-c1ccccc1CC2)N(Cc1ccncc1)C1CC1. The first-order valence-electron chi connectivity index (χ1n) is 9.20. The second-order valence-electron chi connectivity index (χ2n) is 7.14. The number of aryl methyl sites for hydroxylation is 2. The van der Waals surface area contributed by atoms with E-state index < -0.39 is 0 Å². The number of pyridine rings is 1. The summed E-state index contributed by atoms with van der Waals surface area (Å²) in [5.41, 5.74) is 5.19. The van der Waals surface area contributed by atoms with Crippen LogP contribution >= 0.6 is 11.3 Å². The Morgan fingerprint density at radius 1 is 1.08 bits per heavy atom. The van der Waals surface area contributed by atoms with E-state index in [0.717, 1.165) is 36.1 Å². The Morgan fingerprint density at radius 2 is 1.85 bits per heavy atom. The Morgan fingerprint density at radius 3 is 2.65 bits per heavy atom. The summed E-state index contributed by atoms with van der Waals surface area (Å²) in [6.45, 7) is 0.672. The van der Waals surface area contributed by atoms with Gasteiger partial charge in [-0.15, -0.1) is 11.3 Å². The summed E-state index contributed by atoms with van der Waals surface area (Å²) in [4.78, 5) is 21.6. The first kappa shape index (κ1) is 15.8. The van der Waals surface area contributed by atoms with Crippen molar-refractivity contribution in [3.05, 3.63) is 76.4 Å². The fourth-order valence-corrected chi connectivity index (χ4v) is 4.98. The Balaban J connectivity index is 1.46. The van der Waals surface area contributed by atoms with Crippen molar-refractivity contribution in [1.82, 2.24) is 9.88 Å². The molecule has 26 heavy (non-hydrogen) atoms. The Bertz CT molecular complexity index is 959. The van der Waals surface area contributed by atoms with Crippen LogP contribution in [0.1, 0.15) is 39.2 Å². The third kappa shape index (κ3) is 2.84. The van der Waals surface area contributed by atoms with Gasteiger partial charge in [-0.05, 0) is 66.1 Å². The van der Waals surface area contributed by atoms with Gasteiger partial charge in [-0.3, -0.25) is 9.78 Å². The highest BCUT2D eigenvalue weighted by Crippen LogP contribution is 2.40. The number of benzene rings is 1. The molecule has 2 aliphatic rings. The minimum Gasteiger partial charge on any atom is -0.331 e. The molecule has 4 heteroatoms. The number of amides is 1. The number of carbonyl (C=O) groups is 1. The number of carbonyl (C=O) groups excluding carboxylic acids is 1. The van der Waals surface area contributed by atoms with E-state index in [4.69, 9.17) is 0 Å². The van der Waals surface area contributed by atoms with Crippen molar-refractivity contribution in [1.29, 1.82) is 0 Å². The number of hydrogen-bond acceptors (Lipinski definition) is 3. The zero-order chi connectivity index (χ0) is 17.5. The van der Waals surface area contributed by atoms with Gasteiger partial charge in [-0.2, -0.15) is 0 Å². The van der Waals surface area contributed by atoms with Crippen LogP contribution in [0.4, 0.5) is 0 Å². The van der Waals surface area contributed by atoms with E-state index in [1.54, 1.807) is 23.7 Å². The molecule has 0 unspecified atom stereocenters. The summed E-state index contributed by atoms with van der Waals surface area (Å²) in [6, 6.07) is 15.1. The summed E-state index contributed by atoms with van der Waals surface area (Å²) >= 11 is 1.67. The molecule has 3 nitrogen and oxygen atoms in total. The largest absolute Gasteiger partial charge is 0.331 e. The molecule has 1 fully saturated rings. The molecule has 0 N–H and O–H groups in total. The minimum atomic E-state index is 0.182. The van der Waals surface area contributed by atoms with Gasteiger partial charge in [-0.25, -0.2) is 0 Å². The highest BCUT2D eigenvalue weighted by atomic mass is 32.1. The number of hydrogen-bond donors (Lipinski definition) is 0. The molecule has 0 aliphatic heterocycles. The maximum Gasteiger partial charge on any atom is 0.264 e. The maximum absolute atomic E-state index is 13.3. The number of fused-ring (bicyclic) bond motifs is 3. The zero-order valence-corrected chi connectivity index (χ0v) is 15.3. The molecule has 2 aromatic heterocycles. The van der Waals surface area contributed by atoms with Gasteiger partial charge in [0.05, 0.1) is 4.88 Å². The predicted molar refractivity (Wildman–Crippen MR) is 104 cm³/mol. The Labute approximate surface area is 157 Å². The van der Waals surface area contributed by atoms with Crippen molar-refractivity contribution in [3.63, 3.8) is 0 Å². The number of rotatable bonds is 4. The van der Waals surface area contributed by atoms with Crippen LogP contribution in [0.3, 0.4) is 0 Å². The lowest BCUT2D eigenvalue weighted by Gasteiger charge is -2.21. The molecule has 130 valence electrons. The van der Waals surface area contributed by atoms with E-state index in [-0.39, 0.29) is 5.91 Å². The van der Waals surface area contributed by atoms with Crippen molar-refractivity contribution in [2.24, 2.45) is 0 Å². The van der Waals surface area contributed by atoms with Crippen LogP contribution in [-0.2, 0) is 19.4 Å². The van der Waals surface area contributed by atoms with Gasteiger partial charge in [0.15, 0.2) is 0 Å². The fraction of sp³-hybridized carbons (Fsp3) is 0.273. The van der Waals surface area contributed by atoms with Crippen LogP contribution in [0.25, 0.3) is 10.4 Å². The van der Waals surface area contributed by atoms with Crippen LogP contribution < -0.4 is 0 Å². The fourth-order valence-electron chi connectivity index (χ4n) is 3.76. The number of nitrogens with zero attached hydrogens (tertiary/aromatic N) is 2. The van der Waals surface area contributed by atoms with E-state index in [9.17, 15) is 4.79 Å². The minimum absolute atomic E-state index is 0.182. The molecule has 1 amide bonds. The van der Waals surface area contributed by atoms with Crippen molar-refractivity contribution >= 4 is 17.2 Å². The smallest absolute Gasteiger partial charge is 0.264 e. The molecular formula is C22H20N2OS. The van der Waals surface area contributed by atoms with Gasteiger partial charge in [0.2, 0.25) is 0 Å². The molecule has 0 bridgehead atoms. The highest BCUT2D eigenvalue weighted by molar-refractivity contribution is 7.17. The molecule has 0 spiro atoms. The van der Waals surface area contributed by atoms with Crippen LogP contribution in [0.5, 0.6) is 0 Å². The lowest BCUT2D eigenvalue weighted by atomic mass is 9.91. The third-order valence-electron chi connectivity index (χ3n) is 5.30. The van der Waals surface area contributed by atoms with Gasteiger partial charge >= 0.3 is 0 Å². The maximum atomic E-state index is 13.3. The Kier molecular flexibility index (Phi) is 3.86. The third-order valence-corrected chi connectivity index (χ3v) is 6.49. The normalized spacial score (nSPS) is 15.2. The monoisotopic (exact) mass is 360 g/mol. The van der Waals surface area contributed by atoms with Crippen LogP contribution in [-0.4, -0.2) is 21.8 Å². The van der Waals surface area contributed by atoms with Crippen molar-refractivity contribution in [2.45, 2.75) is 38.3 Å². The van der Waals surface area contributed by atoms with Gasteiger partial charge in [0, 0.05) is 29.9 Å². The average molecular weight is 360 g/mol.